The Morgan fingerprint density at radius 1 is 1.10 bits per heavy atom. The first-order chi connectivity index (χ1) is 14.6. The van der Waals surface area contributed by atoms with E-state index in [2.05, 4.69) is 32.3 Å². The summed E-state index contributed by atoms with van der Waals surface area (Å²) >= 11 is 0. The Balaban J connectivity index is 1.45. The maximum Gasteiger partial charge on any atom is 0.276 e. The van der Waals surface area contributed by atoms with Crippen molar-refractivity contribution in [2.45, 2.75) is 6.54 Å². The summed E-state index contributed by atoms with van der Waals surface area (Å²) in [5.74, 6) is -0.643. The average Bonchev–Trinajstić information content (AvgIpc) is 3.19. The third-order valence-electron chi connectivity index (χ3n) is 4.95. The first-order valence-corrected chi connectivity index (χ1v) is 9.74. The molecule has 30 heavy (non-hydrogen) atoms. The van der Waals surface area contributed by atoms with E-state index >= 15 is 0 Å². The van der Waals surface area contributed by atoms with Crippen molar-refractivity contribution in [1.29, 1.82) is 0 Å². The van der Waals surface area contributed by atoms with Gasteiger partial charge in [-0.05, 0) is 42.0 Å². The van der Waals surface area contributed by atoms with E-state index in [0.29, 0.717) is 22.3 Å². The van der Waals surface area contributed by atoms with Crippen LogP contribution < -0.4 is 10.6 Å². The number of carbonyl (C=O) groups is 2. The Bertz CT molecular complexity index is 1070. The molecule has 0 unspecified atom stereocenters. The molecule has 1 aromatic heterocycles. The molecule has 0 bridgehead atoms. The van der Waals surface area contributed by atoms with Crippen LogP contribution in [0.1, 0.15) is 16.1 Å². The Labute approximate surface area is 173 Å². The van der Waals surface area contributed by atoms with E-state index in [-0.39, 0.29) is 17.5 Å². The van der Waals surface area contributed by atoms with Gasteiger partial charge in [0.15, 0.2) is 5.69 Å². The number of anilines is 2. The Hall–Kier alpha value is -3.49. The van der Waals surface area contributed by atoms with Gasteiger partial charge in [0.05, 0.1) is 18.7 Å². The van der Waals surface area contributed by atoms with Gasteiger partial charge in [0.1, 0.15) is 0 Å². The molecule has 3 aromatic rings. The Morgan fingerprint density at radius 3 is 2.57 bits per heavy atom. The third kappa shape index (κ3) is 4.56. The van der Waals surface area contributed by atoms with Crippen molar-refractivity contribution in [1.82, 2.24) is 15.1 Å². The molecule has 3 N–H and O–H groups in total. The van der Waals surface area contributed by atoms with Crippen LogP contribution in [0, 0.1) is 0 Å². The molecule has 1 aliphatic heterocycles. The van der Waals surface area contributed by atoms with Gasteiger partial charge in [0.2, 0.25) is 5.91 Å². The summed E-state index contributed by atoms with van der Waals surface area (Å²) in [5, 5.41) is 13.2. The van der Waals surface area contributed by atoms with Crippen LogP contribution in [-0.4, -0.2) is 53.2 Å². The summed E-state index contributed by atoms with van der Waals surface area (Å²) in [7, 11) is 0. The quantitative estimate of drug-likeness (QED) is 0.548. The van der Waals surface area contributed by atoms with Crippen LogP contribution in [0.25, 0.3) is 10.9 Å². The highest BCUT2D eigenvalue weighted by atomic mass is 16.5. The van der Waals surface area contributed by atoms with Crippen molar-refractivity contribution in [3.63, 3.8) is 0 Å². The number of amides is 2. The lowest BCUT2D eigenvalue weighted by atomic mass is 10.1. The van der Waals surface area contributed by atoms with Crippen molar-refractivity contribution in [2.75, 3.05) is 36.9 Å². The van der Waals surface area contributed by atoms with E-state index in [9.17, 15) is 9.59 Å². The number of carbonyl (C=O) groups excluding carboxylic acids is 2. The standard InChI is InChI=1S/C22H23N5O3/c1-2-20(28)23-17-7-8-19-18(13-17)21(26-25-19)22(29)24-16-5-3-15(4-6-16)14-27-9-11-30-12-10-27/h2-8,13H,1,9-12,14H2,(H,23,28)(H,24,29)(H,25,26). The van der Waals surface area contributed by atoms with Gasteiger partial charge >= 0.3 is 0 Å². The molecule has 0 saturated carbocycles. The van der Waals surface area contributed by atoms with Crippen LogP contribution >= 0.6 is 0 Å². The summed E-state index contributed by atoms with van der Waals surface area (Å²) < 4.78 is 5.38. The second kappa shape index (κ2) is 8.89. The molecule has 154 valence electrons. The van der Waals surface area contributed by atoms with E-state index in [4.69, 9.17) is 4.74 Å². The van der Waals surface area contributed by atoms with Crippen molar-refractivity contribution in [2.24, 2.45) is 0 Å². The first kappa shape index (κ1) is 19.8. The SMILES string of the molecule is C=CC(=O)Nc1ccc2[nH]nc(C(=O)Nc3ccc(CN4CCOCC4)cc3)c2c1. The molecule has 2 amide bonds. The maximum atomic E-state index is 12.8. The van der Waals surface area contributed by atoms with Crippen molar-refractivity contribution >= 4 is 34.1 Å². The minimum Gasteiger partial charge on any atom is -0.379 e. The summed E-state index contributed by atoms with van der Waals surface area (Å²) in [6, 6.07) is 13.0. The predicted molar refractivity (Wildman–Crippen MR) is 115 cm³/mol. The fraction of sp³-hybridized carbons (Fsp3) is 0.227. The first-order valence-electron chi connectivity index (χ1n) is 9.74. The van der Waals surface area contributed by atoms with Crippen LogP contribution in [0.2, 0.25) is 0 Å². The van der Waals surface area contributed by atoms with Gasteiger partial charge in [0.25, 0.3) is 5.91 Å². The number of aromatic amines is 1. The molecule has 1 fully saturated rings. The van der Waals surface area contributed by atoms with E-state index in [1.807, 2.05) is 24.3 Å². The average molecular weight is 405 g/mol. The van der Waals surface area contributed by atoms with Crippen LogP contribution in [0.4, 0.5) is 11.4 Å². The van der Waals surface area contributed by atoms with Gasteiger partial charge in [0, 0.05) is 36.4 Å². The maximum absolute atomic E-state index is 12.8. The predicted octanol–water partition coefficient (Wildman–Crippen LogP) is 2.77. The van der Waals surface area contributed by atoms with Gasteiger partial charge in [-0.3, -0.25) is 19.6 Å². The second-order valence-corrected chi connectivity index (χ2v) is 7.07. The lowest BCUT2D eigenvalue weighted by molar-refractivity contribution is -0.111. The lowest BCUT2D eigenvalue weighted by Crippen LogP contribution is -2.35. The van der Waals surface area contributed by atoms with E-state index < -0.39 is 0 Å². The highest BCUT2D eigenvalue weighted by molar-refractivity contribution is 6.12. The number of benzene rings is 2. The molecule has 2 heterocycles. The van der Waals surface area contributed by atoms with Crippen molar-refractivity contribution in [3.05, 3.63) is 66.4 Å². The zero-order valence-corrected chi connectivity index (χ0v) is 16.5. The molecule has 0 spiro atoms. The van der Waals surface area contributed by atoms with Gasteiger partial charge in [-0.15, -0.1) is 0 Å². The van der Waals surface area contributed by atoms with Crippen molar-refractivity contribution < 1.29 is 14.3 Å². The van der Waals surface area contributed by atoms with E-state index in [1.165, 1.54) is 11.6 Å². The number of morpholine rings is 1. The highest BCUT2D eigenvalue weighted by Crippen LogP contribution is 2.22. The molecule has 1 saturated heterocycles. The minimum absolute atomic E-state index is 0.261. The third-order valence-corrected chi connectivity index (χ3v) is 4.95. The number of hydrogen-bond donors (Lipinski definition) is 3. The summed E-state index contributed by atoms with van der Waals surface area (Å²) in [5.41, 5.74) is 3.41. The van der Waals surface area contributed by atoms with Crippen molar-refractivity contribution in [3.8, 4) is 0 Å². The molecule has 8 nitrogen and oxygen atoms in total. The normalized spacial score (nSPS) is 14.4. The lowest BCUT2D eigenvalue weighted by Gasteiger charge is -2.26. The van der Waals surface area contributed by atoms with Crippen LogP contribution in [-0.2, 0) is 16.1 Å². The summed E-state index contributed by atoms with van der Waals surface area (Å²) in [6.07, 6.45) is 1.19. The molecule has 0 atom stereocenters. The largest absolute Gasteiger partial charge is 0.379 e. The minimum atomic E-state index is -0.325. The molecular weight excluding hydrogens is 382 g/mol. The van der Waals surface area contributed by atoms with Crippen LogP contribution in [0.15, 0.2) is 55.1 Å². The highest BCUT2D eigenvalue weighted by Gasteiger charge is 2.16. The van der Waals surface area contributed by atoms with Gasteiger partial charge in [-0.25, -0.2) is 0 Å². The molecule has 1 aliphatic rings. The molecular formula is C22H23N5O3. The number of hydrogen-bond acceptors (Lipinski definition) is 5. The van der Waals surface area contributed by atoms with Gasteiger partial charge < -0.3 is 15.4 Å². The van der Waals surface area contributed by atoms with Crippen LogP contribution in [0.5, 0.6) is 0 Å². The zero-order chi connectivity index (χ0) is 20.9. The van der Waals surface area contributed by atoms with Gasteiger partial charge in [-0.1, -0.05) is 18.7 Å². The number of nitrogens with zero attached hydrogens (tertiary/aromatic N) is 2. The smallest absolute Gasteiger partial charge is 0.276 e. The second-order valence-electron chi connectivity index (χ2n) is 7.07. The molecule has 2 aromatic carbocycles. The molecule has 8 heteroatoms. The number of rotatable bonds is 6. The molecule has 0 radical (unpaired) electrons. The summed E-state index contributed by atoms with van der Waals surface area (Å²) in [6.45, 7) is 7.70. The van der Waals surface area contributed by atoms with E-state index in [1.54, 1.807) is 18.2 Å². The van der Waals surface area contributed by atoms with Crippen LogP contribution in [0.3, 0.4) is 0 Å². The topological polar surface area (TPSA) is 99.3 Å². The zero-order valence-electron chi connectivity index (χ0n) is 16.5. The Morgan fingerprint density at radius 2 is 1.83 bits per heavy atom. The van der Waals surface area contributed by atoms with Gasteiger partial charge in [-0.2, -0.15) is 5.10 Å². The molecule has 4 rings (SSSR count). The number of ether oxygens (including phenoxy) is 1. The monoisotopic (exact) mass is 405 g/mol. The fourth-order valence-electron chi connectivity index (χ4n) is 3.36. The summed E-state index contributed by atoms with van der Waals surface area (Å²) in [4.78, 5) is 26.6. The number of aromatic nitrogens is 2. The fourth-order valence-corrected chi connectivity index (χ4v) is 3.36. The number of H-pyrrole nitrogens is 1. The van der Waals surface area contributed by atoms with E-state index in [0.717, 1.165) is 32.8 Å². The Kier molecular flexibility index (Phi) is 5.87. The number of nitrogens with one attached hydrogen (secondary N) is 3. The molecule has 0 aliphatic carbocycles. The number of fused-ring (bicyclic) bond motifs is 1.